The summed E-state index contributed by atoms with van der Waals surface area (Å²) in [6, 6.07) is 12.9. The van der Waals surface area contributed by atoms with Crippen LogP contribution in [0.15, 0.2) is 73.3 Å². The molecule has 0 saturated heterocycles. The largest absolute Gasteiger partial charge is 0.334 e. The number of hydrogen-bond donors (Lipinski definition) is 1. The zero-order valence-electron chi connectivity index (χ0n) is 15.8. The molecule has 0 saturated carbocycles. The second-order valence-corrected chi connectivity index (χ2v) is 6.80. The lowest BCUT2D eigenvalue weighted by Gasteiger charge is -2.28. The Morgan fingerprint density at radius 3 is 2.66 bits per heavy atom. The van der Waals surface area contributed by atoms with Gasteiger partial charge in [-0.1, -0.05) is 12.1 Å². The summed E-state index contributed by atoms with van der Waals surface area (Å²) < 4.78 is 0. The maximum atomic E-state index is 12.6. The predicted molar refractivity (Wildman–Crippen MR) is 111 cm³/mol. The number of carbonyl (C=O) groups is 2. The van der Waals surface area contributed by atoms with Crippen LogP contribution in [0, 0.1) is 0 Å². The summed E-state index contributed by atoms with van der Waals surface area (Å²) in [4.78, 5) is 34.7. The van der Waals surface area contributed by atoms with E-state index in [-0.39, 0.29) is 11.8 Å². The van der Waals surface area contributed by atoms with Gasteiger partial charge in [0, 0.05) is 55.2 Å². The lowest BCUT2D eigenvalue weighted by molar-refractivity contribution is -0.126. The van der Waals surface area contributed by atoms with Crippen LogP contribution in [0.1, 0.15) is 27.0 Å². The Hall–Kier alpha value is -3.80. The standard InChI is InChI=1S/C23H20N4O2/c28-22(6-3-17-2-1-10-25-15-17)27-13-9-18-4-5-21(14-20(18)16-27)26-23(29)19-7-11-24-12-8-19/h1-8,10-12,14-15H,9,13,16H2,(H,26,29). The number of aromatic nitrogens is 2. The number of carbonyl (C=O) groups excluding carboxylic acids is 2. The molecule has 0 aliphatic carbocycles. The van der Waals surface area contributed by atoms with Crippen molar-refractivity contribution in [3.8, 4) is 0 Å². The molecule has 29 heavy (non-hydrogen) atoms. The average molecular weight is 384 g/mol. The summed E-state index contributed by atoms with van der Waals surface area (Å²) in [6.45, 7) is 1.19. The second-order valence-electron chi connectivity index (χ2n) is 6.80. The van der Waals surface area contributed by atoms with Gasteiger partial charge in [0.05, 0.1) is 0 Å². The quantitative estimate of drug-likeness (QED) is 0.700. The molecule has 0 fully saturated rings. The fraction of sp³-hybridized carbons (Fsp3) is 0.130. The van der Waals surface area contributed by atoms with Crippen LogP contribution in [0.4, 0.5) is 5.69 Å². The number of hydrogen-bond acceptors (Lipinski definition) is 4. The number of pyridine rings is 2. The molecular weight excluding hydrogens is 364 g/mol. The van der Waals surface area contributed by atoms with Gasteiger partial charge in [0.25, 0.3) is 5.91 Å². The Balaban J connectivity index is 1.44. The summed E-state index contributed by atoms with van der Waals surface area (Å²) in [5.74, 6) is -0.221. The smallest absolute Gasteiger partial charge is 0.255 e. The molecule has 144 valence electrons. The number of anilines is 1. The summed E-state index contributed by atoms with van der Waals surface area (Å²) >= 11 is 0. The third-order valence-electron chi connectivity index (χ3n) is 4.83. The van der Waals surface area contributed by atoms with Gasteiger partial charge >= 0.3 is 0 Å². The molecular formula is C23H20N4O2. The van der Waals surface area contributed by atoms with E-state index < -0.39 is 0 Å². The Morgan fingerprint density at radius 1 is 1.00 bits per heavy atom. The first-order valence-electron chi connectivity index (χ1n) is 9.39. The number of rotatable bonds is 4. The summed E-state index contributed by atoms with van der Waals surface area (Å²) in [5.41, 5.74) is 4.40. The van der Waals surface area contributed by atoms with Crippen molar-refractivity contribution in [1.29, 1.82) is 0 Å². The van der Waals surface area contributed by atoms with Gasteiger partial charge in [-0.25, -0.2) is 0 Å². The van der Waals surface area contributed by atoms with Gasteiger partial charge in [-0.3, -0.25) is 19.6 Å². The number of benzene rings is 1. The number of nitrogens with one attached hydrogen (secondary N) is 1. The topological polar surface area (TPSA) is 75.2 Å². The lowest BCUT2D eigenvalue weighted by atomic mass is 9.99. The molecule has 6 heteroatoms. The van der Waals surface area contributed by atoms with Crippen LogP contribution in [0.25, 0.3) is 6.08 Å². The maximum absolute atomic E-state index is 12.6. The molecule has 6 nitrogen and oxygen atoms in total. The van der Waals surface area contributed by atoms with Gasteiger partial charge in [-0.15, -0.1) is 0 Å². The van der Waals surface area contributed by atoms with E-state index in [1.54, 1.807) is 49.1 Å². The predicted octanol–water partition coefficient (Wildman–Crippen LogP) is 3.33. The third-order valence-corrected chi connectivity index (χ3v) is 4.83. The van der Waals surface area contributed by atoms with E-state index >= 15 is 0 Å². The van der Waals surface area contributed by atoms with E-state index in [0.717, 1.165) is 17.5 Å². The molecule has 0 radical (unpaired) electrons. The molecule has 0 unspecified atom stereocenters. The number of fused-ring (bicyclic) bond motifs is 1. The van der Waals surface area contributed by atoms with Crippen molar-refractivity contribution in [2.45, 2.75) is 13.0 Å². The fourth-order valence-electron chi connectivity index (χ4n) is 3.28. The molecule has 2 amide bonds. The molecule has 0 bridgehead atoms. The SMILES string of the molecule is O=C(Nc1ccc2c(c1)CN(C(=O)C=Cc1cccnc1)CC2)c1ccncc1. The Kier molecular flexibility index (Phi) is 5.42. The second kappa shape index (κ2) is 8.48. The van der Waals surface area contributed by atoms with E-state index in [4.69, 9.17) is 0 Å². The zero-order chi connectivity index (χ0) is 20.1. The minimum Gasteiger partial charge on any atom is -0.334 e. The number of amides is 2. The van der Waals surface area contributed by atoms with Crippen molar-refractivity contribution >= 4 is 23.6 Å². The first-order chi connectivity index (χ1) is 14.2. The van der Waals surface area contributed by atoms with Gasteiger partial charge in [-0.05, 0) is 59.5 Å². The highest BCUT2D eigenvalue weighted by Crippen LogP contribution is 2.23. The Bertz CT molecular complexity index is 1050. The summed E-state index contributed by atoms with van der Waals surface area (Å²) in [7, 11) is 0. The molecule has 1 aliphatic rings. The highest BCUT2D eigenvalue weighted by atomic mass is 16.2. The maximum Gasteiger partial charge on any atom is 0.255 e. The average Bonchev–Trinajstić information content (AvgIpc) is 2.78. The normalized spacial score (nSPS) is 13.2. The van der Waals surface area contributed by atoms with Crippen LogP contribution in [0.5, 0.6) is 0 Å². The van der Waals surface area contributed by atoms with E-state index in [2.05, 4.69) is 15.3 Å². The molecule has 1 aliphatic heterocycles. The van der Waals surface area contributed by atoms with Crippen LogP contribution in [0.2, 0.25) is 0 Å². The molecule has 0 spiro atoms. The van der Waals surface area contributed by atoms with Crippen LogP contribution in [0.3, 0.4) is 0 Å². The van der Waals surface area contributed by atoms with Crippen molar-refractivity contribution in [2.75, 3.05) is 11.9 Å². The number of nitrogens with zero attached hydrogens (tertiary/aromatic N) is 3. The molecule has 2 aromatic heterocycles. The van der Waals surface area contributed by atoms with E-state index in [1.165, 1.54) is 5.56 Å². The molecule has 4 rings (SSSR count). The first-order valence-corrected chi connectivity index (χ1v) is 9.39. The first kappa shape index (κ1) is 18.6. The highest BCUT2D eigenvalue weighted by molar-refractivity contribution is 6.04. The van der Waals surface area contributed by atoms with Crippen molar-refractivity contribution in [3.05, 3.63) is 95.6 Å². The van der Waals surface area contributed by atoms with Crippen LogP contribution >= 0.6 is 0 Å². The van der Waals surface area contributed by atoms with E-state index in [9.17, 15) is 9.59 Å². The van der Waals surface area contributed by atoms with Gasteiger partial charge in [0.2, 0.25) is 5.91 Å². The van der Waals surface area contributed by atoms with Crippen molar-refractivity contribution in [2.24, 2.45) is 0 Å². The highest BCUT2D eigenvalue weighted by Gasteiger charge is 2.19. The minimum atomic E-state index is -0.185. The monoisotopic (exact) mass is 384 g/mol. The summed E-state index contributed by atoms with van der Waals surface area (Å²) in [6.07, 6.45) is 10.7. The van der Waals surface area contributed by atoms with Gasteiger partial charge < -0.3 is 10.2 Å². The molecule has 0 atom stereocenters. The van der Waals surface area contributed by atoms with Crippen molar-refractivity contribution in [1.82, 2.24) is 14.9 Å². The van der Waals surface area contributed by atoms with Crippen LogP contribution < -0.4 is 5.32 Å². The van der Waals surface area contributed by atoms with E-state index in [1.807, 2.05) is 35.2 Å². The zero-order valence-corrected chi connectivity index (χ0v) is 15.8. The van der Waals surface area contributed by atoms with Crippen LogP contribution in [-0.4, -0.2) is 33.2 Å². The minimum absolute atomic E-state index is 0.0364. The Morgan fingerprint density at radius 2 is 1.86 bits per heavy atom. The van der Waals surface area contributed by atoms with Gasteiger partial charge in [0.15, 0.2) is 0 Å². The fourth-order valence-corrected chi connectivity index (χ4v) is 3.28. The Labute approximate surface area is 168 Å². The molecule has 3 aromatic rings. The van der Waals surface area contributed by atoms with Crippen LogP contribution in [-0.2, 0) is 17.8 Å². The molecule has 1 N–H and O–H groups in total. The third kappa shape index (κ3) is 4.55. The van der Waals surface area contributed by atoms with E-state index in [0.29, 0.717) is 24.3 Å². The van der Waals surface area contributed by atoms with Gasteiger partial charge in [-0.2, -0.15) is 0 Å². The van der Waals surface area contributed by atoms with Gasteiger partial charge in [0.1, 0.15) is 0 Å². The lowest BCUT2D eigenvalue weighted by Crippen LogP contribution is -2.34. The van der Waals surface area contributed by atoms with Crippen molar-refractivity contribution in [3.63, 3.8) is 0 Å². The molecule has 1 aromatic carbocycles. The van der Waals surface area contributed by atoms with Crippen molar-refractivity contribution < 1.29 is 9.59 Å². The molecule has 3 heterocycles. The summed E-state index contributed by atoms with van der Waals surface area (Å²) in [5, 5.41) is 2.91.